The van der Waals surface area contributed by atoms with Crippen molar-refractivity contribution in [2.24, 2.45) is 0 Å². The van der Waals surface area contributed by atoms with Crippen LogP contribution >= 0.6 is 0 Å². The normalized spacial score (nSPS) is 9.92. The van der Waals surface area contributed by atoms with Gasteiger partial charge in [-0.1, -0.05) is 0 Å². The molecule has 0 rings (SSSR count). The average Bonchev–Trinajstić information content (AvgIpc) is 2.09. The van der Waals surface area contributed by atoms with Gasteiger partial charge in [-0.25, -0.2) is 4.79 Å². The van der Waals surface area contributed by atoms with E-state index in [0.29, 0.717) is 26.2 Å². The zero-order chi connectivity index (χ0) is 9.94. The predicted octanol–water partition coefficient (Wildman–Crippen LogP) is 1.12. The van der Waals surface area contributed by atoms with Crippen LogP contribution in [0.1, 0.15) is 12.8 Å². The molecule has 0 spiro atoms. The summed E-state index contributed by atoms with van der Waals surface area (Å²) >= 11 is 0. The molecule has 5 heteroatoms. The zero-order valence-corrected chi connectivity index (χ0v) is 7.82. The van der Waals surface area contributed by atoms with E-state index in [1.165, 1.54) is 0 Å². The lowest BCUT2D eigenvalue weighted by atomic mass is 10.4. The van der Waals surface area contributed by atoms with Gasteiger partial charge in [0.25, 0.3) is 0 Å². The molecule has 0 fully saturated rings. The lowest BCUT2D eigenvalue weighted by Crippen LogP contribution is -2.06. The Kier molecular flexibility index (Phi) is 8.70. The van der Waals surface area contributed by atoms with Gasteiger partial charge in [-0.05, 0) is 6.42 Å². The fourth-order valence-corrected chi connectivity index (χ4v) is 0.728. The first-order chi connectivity index (χ1) is 6.27. The largest absolute Gasteiger partial charge is 0.505 e. The van der Waals surface area contributed by atoms with Crippen molar-refractivity contribution in [1.82, 2.24) is 0 Å². The first kappa shape index (κ1) is 12.2. The highest BCUT2D eigenvalue weighted by atomic mass is 16.7. The van der Waals surface area contributed by atoms with E-state index in [-0.39, 0.29) is 6.61 Å². The van der Waals surface area contributed by atoms with Gasteiger partial charge in [-0.15, -0.1) is 0 Å². The number of methoxy groups -OCH3 is 1. The van der Waals surface area contributed by atoms with E-state index in [2.05, 4.69) is 4.74 Å². The van der Waals surface area contributed by atoms with E-state index in [1.807, 2.05) is 0 Å². The molecule has 0 aromatic heterocycles. The Labute approximate surface area is 77.6 Å². The summed E-state index contributed by atoms with van der Waals surface area (Å²) in [7, 11) is 1.64. The Balaban J connectivity index is 2.87. The van der Waals surface area contributed by atoms with Crippen molar-refractivity contribution in [3.8, 4) is 0 Å². The minimum absolute atomic E-state index is 0.194. The Morgan fingerprint density at radius 3 is 2.31 bits per heavy atom. The third-order valence-corrected chi connectivity index (χ3v) is 1.30. The molecule has 0 aliphatic rings. The van der Waals surface area contributed by atoms with Crippen molar-refractivity contribution in [1.29, 1.82) is 0 Å². The summed E-state index contributed by atoms with van der Waals surface area (Å²) in [4.78, 5) is 9.89. The van der Waals surface area contributed by atoms with Crippen molar-refractivity contribution in [3.05, 3.63) is 0 Å². The molecule has 0 radical (unpaired) electrons. The van der Waals surface area contributed by atoms with Gasteiger partial charge >= 0.3 is 6.16 Å². The lowest BCUT2D eigenvalue weighted by molar-refractivity contribution is 0.0666. The summed E-state index contributed by atoms with van der Waals surface area (Å²) < 4.78 is 14.3. The smallest absolute Gasteiger partial charge is 0.450 e. The van der Waals surface area contributed by atoms with E-state index >= 15 is 0 Å². The highest BCUT2D eigenvalue weighted by Gasteiger charge is 1.95. The lowest BCUT2D eigenvalue weighted by Gasteiger charge is -2.03. The summed E-state index contributed by atoms with van der Waals surface area (Å²) in [6.07, 6.45) is 0.217. The minimum Gasteiger partial charge on any atom is -0.450 e. The summed E-state index contributed by atoms with van der Waals surface area (Å²) in [5.74, 6) is 0. The molecule has 0 aromatic carbocycles. The van der Waals surface area contributed by atoms with Crippen LogP contribution < -0.4 is 0 Å². The highest BCUT2D eigenvalue weighted by molar-refractivity contribution is 5.56. The van der Waals surface area contributed by atoms with Crippen LogP contribution in [0.15, 0.2) is 0 Å². The molecule has 0 aliphatic heterocycles. The van der Waals surface area contributed by atoms with Crippen LogP contribution in [0.4, 0.5) is 4.79 Å². The molecule has 1 N–H and O–H groups in total. The number of hydrogen-bond donors (Lipinski definition) is 1. The summed E-state index contributed by atoms with van der Waals surface area (Å²) in [6, 6.07) is 0. The van der Waals surface area contributed by atoms with Gasteiger partial charge in [0.15, 0.2) is 0 Å². The Hall–Kier alpha value is -0.810. The standard InChI is InChI=1S/C8H16O5/c1-11-4-2-5-12-6-3-7-13-8(9)10/h2-7H2,1H3,(H,9,10). The third-order valence-electron chi connectivity index (χ3n) is 1.30. The SMILES string of the molecule is COCCCOCCCOC(=O)O. The second-order valence-corrected chi connectivity index (χ2v) is 2.43. The second-order valence-electron chi connectivity index (χ2n) is 2.43. The average molecular weight is 192 g/mol. The van der Waals surface area contributed by atoms with E-state index < -0.39 is 6.16 Å². The molecule has 5 nitrogen and oxygen atoms in total. The summed E-state index contributed by atoms with van der Waals surface area (Å²) in [5.41, 5.74) is 0. The molecule has 78 valence electrons. The maximum absolute atomic E-state index is 9.89. The van der Waals surface area contributed by atoms with Crippen LogP contribution in [0, 0.1) is 0 Å². The topological polar surface area (TPSA) is 65.0 Å². The molecule has 0 unspecified atom stereocenters. The number of ether oxygens (including phenoxy) is 3. The zero-order valence-electron chi connectivity index (χ0n) is 7.82. The van der Waals surface area contributed by atoms with Crippen molar-refractivity contribution in [3.63, 3.8) is 0 Å². The van der Waals surface area contributed by atoms with Crippen LogP contribution in [0.3, 0.4) is 0 Å². The van der Waals surface area contributed by atoms with Crippen LogP contribution in [-0.2, 0) is 14.2 Å². The van der Waals surface area contributed by atoms with E-state index in [4.69, 9.17) is 14.6 Å². The van der Waals surface area contributed by atoms with Crippen molar-refractivity contribution in [2.75, 3.05) is 33.5 Å². The quantitative estimate of drug-likeness (QED) is 0.461. The molecular formula is C8H16O5. The predicted molar refractivity (Wildman–Crippen MR) is 45.9 cm³/mol. The van der Waals surface area contributed by atoms with Crippen molar-refractivity contribution >= 4 is 6.16 Å². The number of rotatable bonds is 8. The van der Waals surface area contributed by atoms with Gasteiger partial charge < -0.3 is 19.3 Å². The van der Waals surface area contributed by atoms with Gasteiger partial charge in [-0.2, -0.15) is 0 Å². The van der Waals surface area contributed by atoms with Crippen molar-refractivity contribution < 1.29 is 24.1 Å². The molecule has 0 atom stereocenters. The molecule has 0 bridgehead atoms. The fourth-order valence-electron chi connectivity index (χ4n) is 0.728. The maximum atomic E-state index is 9.89. The minimum atomic E-state index is -1.24. The van der Waals surface area contributed by atoms with Crippen LogP contribution in [0.2, 0.25) is 0 Å². The molecule has 0 aliphatic carbocycles. The van der Waals surface area contributed by atoms with E-state index in [0.717, 1.165) is 6.42 Å². The molecule has 0 saturated carbocycles. The van der Waals surface area contributed by atoms with Crippen LogP contribution in [0.25, 0.3) is 0 Å². The van der Waals surface area contributed by atoms with Gasteiger partial charge in [0.1, 0.15) is 0 Å². The Morgan fingerprint density at radius 1 is 1.15 bits per heavy atom. The number of carboxylic acid groups (broad SMARTS) is 1. The maximum Gasteiger partial charge on any atom is 0.505 e. The summed E-state index contributed by atoms with van der Waals surface area (Å²) in [6.45, 7) is 2.04. The van der Waals surface area contributed by atoms with Gasteiger partial charge in [0, 0.05) is 33.4 Å². The third kappa shape index (κ3) is 11.2. The Morgan fingerprint density at radius 2 is 1.77 bits per heavy atom. The van der Waals surface area contributed by atoms with Crippen molar-refractivity contribution in [2.45, 2.75) is 12.8 Å². The van der Waals surface area contributed by atoms with Gasteiger partial charge in [0.05, 0.1) is 6.61 Å². The molecule has 0 saturated heterocycles. The fraction of sp³-hybridized carbons (Fsp3) is 0.875. The summed E-state index contributed by atoms with van der Waals surface area (Å²) in [5, 5.41) is 8.11. The first-order valence-electron chi connectivity index (χ1n) is 4.19. The molecular weight excluding hydrogens is 176 g/mol. The van der Waals surface area contributed by atoms with Gasteiger partial charge in [0.2, 0.25) is 0 Å². The van der Waals surface area contributed by atoms with E-state index in [1.54, 1.807) is 7.11 Å². The molecule has 0 aromatic rings. The molecule has 0 heterocycles. The highest BCUT2D eigenvalue weighted by Crippen LogP contribution is 1.88. The monoisotopic (exact) mass is 192 g/mol. The molecule has 13 heavy (non-hydrogen) atoms. The van der Waals surface area contributed by atoms with E-state index in [9.17, 15) is 4.79 Å². The molecule has 0 amide bonds. The second kappa shape index (κ2) is 9.28. The first-order valence-corrected chi connectivity index (χ1v) is 4.19. The van der Waals surface area contributed by atoms with Crippen LogP contribution in [0.5, 0.6) is 0 Å². The Bertz CT molecular complexity index is 126. The van der Waals surface area contributed by atoms with Crippen LogP contribution in [-0.4, -0.2) is 44.8 Å². The van der Waals surface area contributed by atoms with Gasteiger partial charge in [-0.3, -0.25) is 0 Å². The number of carbonyl (C=O) groups is 1. The number of hydrogen-bond acceptors (Lipinski definition) is 4.